The summed E-state index contributed by atoms with van der Waals surface area (Å²) < 4.78 is 16.1. The second kappa shape index (κ2) is 8.82. The van der Waals surface area contributed by atoms with Crippen LogP contribution in [-0.4, -0.2) is 39.0 Å². The normalized spacial score (nSPS) is 12.2. The second-order valence-electron chi connectivity index (χ2n) is 3.25. The molecule has 0 radical (unpaired) electrons. The van der Waals surface area contributed by atoms with E-state index >= 15 is 0 Å². The average Bonchev–Trinajstić information content (AvgIpc) is 2.36. The number of rotatable bonds is 6. The molecular weight excluding hydrogens is 212 g/mol. The van der Waals surface area contributed by atoms with Gasteiger partial charge in [0.25, 0.3) is 0 Å². The van der Waals surface area contributed by atoms with E-state index in [-0.39, 0.29) is 12.9 Å². The summed E-state index contributed by atoms with van der Waals surface area (Å²) in [6, 6.07) is -0.208. The fourth-order valence-electron chi connectivity index (χ4n) is 1.08. The molecule has 2 amide bonds. The van der Waals surface area contributed by atoms with Gasteiger partial charge < -0.3 is 20.1 Å². The summed E-state index contributed by atoms with van der Waals surface area (Å²) in [5.41, 5.74) is 0. The van der Waals surface area contributed by atoms with Crippen LogP contribution in [0.4, 0.5) is 9.59 Å². The molecule has 0 saturated heterocycles. The Hall–Kier alpha value is -1.46. The summed E-state index contributed by atoms with van der Waals surface area (Å²) in [6.45, 7) is 0.634. The van der Waals surface area contributed by atoms with Crippen molar-refractivity contribution in [3.05, 3.63) is 0 Å². The molecule has 0 aliphatic rings. The van der Waals surface area contributed by atoms with Gasteiger partial charge in [-0.1, -0.05) is 0 Å². The molecule has 2 N–H and O–H groups in total. The minimum atomic E-state index is -0.519. The molecule has 0 rings (SSSR count). The fraction of sp³-hybridized carbons (Fsp3) is 0.800. The molecule has 0 aliphatic heterocycles. The zero-order valence-corrected chi connectivity index (χ0v) is 9.75. The van der Waals surface area contributed by atoms with E-state index in [0.717, 1.165) is 12.8 Å². The predicted octanol–water partition coefficient (Wildman–Crippen LogP) is 1.26. The molecule has 1 atom stereocenters. The molecule has 0 heterocycles. The van der Waals surface area contributed by atoms with Crippen LogP contribution in [0, 0.1) is 0 Å². The summed E-state index contributed by atoms with van der Waals surface area (Å²) in [5.74, 6) is 0. The van der Waals surface area contributed by atoms with Crippen LogP contribution in [0.2, 0.25) is 0 Å². The molecular formula is C10H20N2O4. The number of unbranched alkanes of at least 4 members (excludes halogenated alkanes) is 1. The van der Waals surface area contributed by atoms with Gasteiger partial charge in [-0.15, -0.1) is 0 Å². The van der Waals surface area contributed by atoms with Crippen molar-refractivity contribution in [3.8, 4) is 0 Å². The van der Waals surface area contributed by atoms with Crippen LogP contribution in [0.3, 0.4) is 0 Å². The van der Waals surface area contributed by atoms with Crippen LogP contribution >= 0.6 is 0 Å². The minimum absolute atomic E-state index is 0.111. The molecule has 6 nitrogen and oxygen atoms in total. The molecule has 0 aromatic heterocycles. The highest BCUT2D eigenvalue weighted by molar-refractivity contribution is 5.67. The zero-order chi connectivity index (χ0) is 13.1. The predicted molar refractivity (Wildman–Crippen MR) is 59.3 cm³/mol. The van der Waals surface area contributed by atoms with Crippen LogP contribution in [-0.2, 0) is 9.47 Å². The number of ether oxygens (including phenoxy) is 2. The van der Waals surface area contributed by atoms with E-state index in [4.69, 9.17) is 1.37 Å². The maximum absolute atomic E-state index is 10.9. The van der Waals surface area contributed by atoms with Crippen LogP contribution in [0.25, 0.3) is 0 Å². The molecule has 16 heavy (non-hydrogen) atoms. The standard InChI is InChI=1S/C10H20N2O4/c1-8(12-10(14)16-3)6-4-5-7-11-9(13)15-2/h8H,4-7H2,1-3H3,(H,11,13)(H,12,14)/i1D. The minimum Gasteiger partial charge on any atom is -0.453 e. The first-order chi connectivity index (χ1) is 8.13. The molecule has 0 spiro atoms. The first-order valence-corrected chi connectivity index (χ1v) is 5.09. The van der Waals surface area contributed by atoms with Gasteiger partial charge in [0.2, 0.25) is 0 Å². The van der Waals surface area contributed by atoms with Crippen molar-refractivity contribution in [2.45, 2.75) is 32.2 Å². The molecule has 0 saturated carbocycles. The summed E-state index contributed by atoms with van der Waals surface area (Å²) in [6.07, 6.45) is 1.29. The van der Waals surface area contributed by atoms with Crippen LogP contribution < -0.4 is 10.6 Å². The smallest absolute Gasteiger partial charge is 0.407 e. The zero-order valence-electron chi connectivity index (χ0n) is 10.7. The summed E-state index contributed by atoms with van der Waals surface area (Å²) >= 11 is 0. The highest BCUT2D eigenvalue weighted by Gasteiger charge is 2.06. The maximum Gasteiger partial charge on any atom is 0.407 e. The maximum atomic E-state index is 10.9. The van der Waals surface area contributed by atoms with Gasteiger partial charge in [-0.3, -0.25) is 0 Å². The van der Waals surface area contributed by atoms with E-state index in [9.17, 15) is 9.59 Å². The number of carbonyl (C=O) groups is 2. The Morgan fingerprint density at radius 2 is 1.94 bits per heavy atom. The van der Waals surface area contributed by atoms with E-state index in [1.165, 1.54) is 14.2 Å². The number of nitrogens with one attached hydrogen (secondary N) is 2. The SMILES string of the molecule is [2H]CC(CCCCNC(=O)OC)NC(=O)OC. The molecule has 0 aromatic rings. The van der Waals surface area contributed by atoms with E-state index < -0.39 is 12.2 Å². The van der Waals surface area contributed by atoms with Gasteiger partial charge in [0.05, 0.1) is 14.2 Å². The molecule has 1 unspecified atom stereocenters. The largest absolute Gasteiger partial charge is 0.453 e. The van der Waals surface area contributed by atoms with Crippen molar-refractivity contribution in [2.75, 3.05) is 20.8 Å². The highest BCUT2D eigenvalue weighted by Crippen LogP contribution is 1.99. The van der Waals surface area contributed by atoms with Crippen molar-refractivity contribution in [1.29, 1.82) is 0 Å². The van der Waals surface area contributed by atoms with Gasteiger partial charge in [0, 0.05) is 14.0 Å². The highest BCUT2D eigenvalue weighted by atomic mass is 16.5. The Morgan fingerprint density at radius 3 is 2.50 bits per heavy atom. The molecule has 94 valence electrons. The Morgan fingerprint density at radius 1 is 1.25 bits per heavy atom. The molecule has 0 fully saturated rings. The van der Waals surface area contributed by atoms with Crippen molar-refractivity contribution in [1.82, 2.24) is 10.6 Å². The van der Waals surface area contributed by atoms with E-state index in [0.29, 0.717) is 13.0 Å². The lowest BCUT2D eigenvalue weighted by atomic mass is 10.1. The first-order valence-electron chi connectivity index (χ1n) is 5.80. The summed E-state index contributed by atoms with van der Waals surface area (Å²) in [7, 11) is 2.60. The van der Waals surface area contributed by atoms with Gasteiger partial charge in [-0.05, 0) is 26.2 Å². The van der Waals surface area contributed by atoms with E-state index in [2.05, 4.69) is 20.1 Å². The summed E-state index contributed by atoms with van der Waals surface area (Å²) in [4.78, 5) is 21.6. The second-order valence-corrected chi connectivity index (χ2v) is 3.25. The number of hydrogen-bond donors (Lipinski definition) is 2. The van der Waals surface area contributed by atoms with Crippen LogP contribution in [0.5, 0.6) is 0 Å². The van der Waals surface area contributed by atoms with Crippen molar-refractivity contribution >= 4 is 12.2 Å². The Kier molecular flexibility index (Phi) is 6.95. The van der Waals surface area contributed by atoms with Crippen LogP contribution in [0.15, 0.2) is 0 Å². The molecule has 0 aliphatic carbocycles. The van der Waals surface area contributed by atoms with Crippen molar-refractivity contribution in [3.63, 3.8) is 0 Å². The van der Waals surface area contributed by atoms with E-state index in [1.807, 2.05) is 0 Å². The third-order valence-electron chi connectivity index (χ3n) is 1.94. The number of alkyl carbamates (subject to hydrolysis) is 2. The number of hydrogen-bond acceptors (Lipinski definition) is 4. The Labute approximate surface area is 97.1 Å². The van der Waals surface area contributed by atoms with Gasteiger partial charge in [0.15, 0.2) is 0 Å². The topological polar surface area (TPSA) is 76.7 Å². The van der Waals surface area contributed by atoms with Gasteiger partial charge in [-0.2, -0.15) is 0 Å². The van der Waals surface area contributed by atoms with Gasteiger partial charge in [0.1, 0.15) is 0 Å². The van der Waals surface area contributed by atoms with E-state index in [1.54, 1.807) is 0 Å². The first kappa shape index (κ1) is 12.6. The van der Waals surface area contributed by atoms with Gasteiger partial charge >= 0.3 is 12.2 Å². The fourth-order valence-corrected chi connectivity index (χ4v) is 1.08. The number of carbonyl (C=O) groups excluding carboxylic acids is 2. The monoisotopic (exact) mass is 233 g/mol. The van der Waals surface area contributed by atoms with Crippen molar-refractivity contribution < 1.29 is 20.4 Å². The molecule has 6 heteroatoms. The number of amides is 2. The lowest BCUT2D eigenvalue weighted by Crippen LogP contribution is -2.32. The lowest BCUT2D eigenvalue weighted by molar-refractivity contribution is 0.166. The number of methoxy groups -OCH3 is 2. The third kappa shape index (κ3) is 7.90. The summed E-state index contributed by atoms with van der Waals surface area (Å²) in [5, 5.41) is 5.12. The third-order valence-corrected chi connectivity index (χ3v) is 1.94. The van der Waals surface area contributed by atoms with Crippen LogP contribution in [0.1, 0.15) is 27.5 Å². The lowest BCUT2D eigenvalue weighted by Gasteiger charge is -2.12. The molecule has 0 bridgehead atoms. The average molecular weight is 233 g/mol. The van der Waals surface area contributed by atoms with Crippen molar-refractivity contribution in [2.24, 2.45) is 0 Å². The molecule has 0 aromatic carbocycles. The Bertz CT molecular complexity index is 238. The Balaban J connectivity index is 3.56. The van der Waals surface area contributed by atoms with Gasteiger partial charge in [-0.25, -0.2) is 9.59 Å². The quantitative estimate of drug-likeness (QED) is 0.677.